The van der Waals surface area contributed by atoms with Crippen LogP contribution in [-0.2, 0) is 11.3 Å². The number of carbonyl (C=O) groups is 1. The molecule has 3 aromatic rings. The molecule has 1 atom stereocenters. The largest absolute Gasteiger partial charge is 0.491 e. The van der Waals surface area contributed by atoms with Crippen molar-refractivity contribution in [1.29, 1.82) is 0 Å². The maximum Gasteiger partial charge on any atom is 0.257 e. The Hall–Kier alpha value is -3.15. The zero-order chi connectivity index (χ0) is 20.4. The summed E-state index contributed by atoms with van der Waals surface area (Å²) in [5, 5.41) is 4.14. The molecule has 0 radical (unpaired) electrons. The van der Waals surface area contributed by atoms with Gasteiger partial charge in [0, 0.05) is 31.0 Å². The summed E-state index contributed by atoms with van der Waals surface area (Å²) in [5.41, 5.74) is 3.10. The molecule has 0 spiro atoms. The molecule has 1 aromatic heterocycles. The minimum absolute atomic E-state index is 0.0478. The number of aryl methyl sites for hydroxylation is 1. The number of ether oxygens (including phenoxy) is 1. The molecule has 29 heavy (non-hydrogen) atoms. The van der Waals surface area contributed by atoms with Crippen LogP contribution in [0.15, 0.2) is 53.1 Å². The van der Waals surface area contributed by atoms with Gasteiger partial charge in [-0.25, -0.2) is 0 Å². The fraction of sp³-hybridized carbons (Fsp3) is 0.348. The summed E-state index contributed by atoms with van der Waals surface area (Å²) >= 11 is 0. The summed E-state index contributed by atoms with van der Waals surface area (Å²) in [6.45, 7) is 7.18. The molecular weight excluding hydrogens is 366 g/mol. The van der Waals surface area contributed by atoms with Crippen molar-refractivity contribution in [2.45, 2.75) is 45.8 Å². The van der Waals surface area contributed by atoms with Crippen molar-refractivity contribution in [3.63, 3.8) is 0 Å². The van der Waals surface area contributed by atoms with Gasteiger partial charge in [-0.3, -0.25) is 4.79 Å². The average molecular weight is 391 g/mol. The van der Waals surface area contributed by atoms with E-state index in [1.54, 1.807) is 0 Å². The first kappa shape index (κ1) is 19.2. The maximum atomic E-state index is 12.5. The Bertz CT molecular complexity index is 995. The van der Waals surface area contributed by atoms with Gasteiger partial charge < -0.3 is 14.2 Å². The SMILES string of the molecule is Cc1cccc(-c2nc(C3CC(=O)N(Cc4ccc(OC(C)C)cc4)C3)no2)c1. The third-order valence-electron chi connectivity index (χ3n) is 4.95. The summed E-state index contributed by atoms with van der Waals surface area (Å²) in [7, 11) is 0. The first-order valence-corrected chi connectivity index (χ1v) is 9.92. The minimum atomic E-state index is -0.0478. The predicted octanol–water partition coefficient (Wildman–Crippen LogP) is 4.35. The van der Waals surface area contributed by atoms with E-state index in [9.17, 15) is 4.79 Å². The highest BCUT2D eigenvalue weighted by Crippen LogP contribution is 2.29. The monoisotopic (exact) mass is 391 g/mol. The lowest BCUT2D eigenvalue weighted by atomic mass is 10.1. The number of nitrogens with zero attached hydrogens (tertiary/aromatic N) is 3. The van der Waals surface area contributed by atoms with Gasteiger partial charge in [-0.1, -0.05) is 35.0 Å². The van der Waals surface area contributed by atoms with Crippen LogP contribution in [0.25, 0.3) is 11.5 Å². The molecule has 1 fully saturated rings. The molecule has 4 rings (SSSR count). The lowest BCUT2D eigenvalue weighted by molar-refractivity contribution is -0.128. The molecular formula is C23H25N3O3. The summed E-state index contributed by atoms with van der Waals surface area (Å²) in [5.74, 6) is 1.99. The van der Waals surface area contributed by atoms with Crippen LogP contribution in [0, 0.1) is 6.92 Å². The Balaban J connectivity index is 1.42. The van der Waals surface area contributed by atoms with Gasteiger partial charge in [0.2, 0.25) is 5.91 Å². The van der Waals surface area contributed by atoms with E-state index in [1.165, 1.54) is 0 Å². The van der Waals surface area contributed by atoms with Gasteiger partial charge in [0.05, 0.1) is 6.10 Å². The molecule has 0 aliphatic carbocycles. The lowest BCUT2D eigenvalue weighted by Crippen LogP contribution is -2.24. The second kappa shape index (κ2) is 8.07. The van der Waals surface area contributed by atoms with Gasteiger partial charge in [0.25, 0.3) is 5.89 Å². The average Bonchev–Trinajstić information content (AvgIpc) is 3.30. The molecule has 1 saturated heterocycles. The van der Waals surface area contributed by atoms with Gasteiger partial charge >= 0.3 is 0 Å². The third-order valence-corrected chi connectivity index (χ3v) is 4.95. The van der Waals surface area contributed by atoms with Crippen LogP contribution in [0.3, 0.4) is 0 Å². The number of rotatable bonds is 6. The van der Waals surface area contributed by atoms with Gasteiger partial charge in [-0.05, 0) is 50.6 Å². The first-order chi connectivity index (χ1) is 14.0. The Labute approximate surface area is 170 Å². The molecule has 1 aliphatic heterocycles. The van der Waals surface area contributed by atoms with Crippen molar-refractivity contribution in [3.8, 4) is 17.2 Å². The smallest absolute Gasteiger partial charge is 0.257 e. The Kier molecular flexibility index (Phi) is 5.34. The number of amides is 1. The fourth-order valence-corrected chi connectivity index (χ4v) is 3.56. The van der Waals surface area contributed by atoms with E-state index in [-0.39, 0.29) is 17.9 Å². The molecule has 2 aromatic carbocycles. The van der Waals surface area contributed by atoms with E-state index in [2.05, 4.69) is 10.1 Å². The summed E-state index contributed by atoms with van der Waals surface area (Å²) in [4.78, 5) is 18.9. The Morgan fingerprint density at radius 2 is 2.00 bits per heavy atom. The van der Waals surface area contributed by atoms with E-state index in [0.717, 1.165) is 22.4 Å². The quantitative estimate of drug-likeness (QED) is 0.625. The van der Waals surface area contributed by atoms with Crippen LogP contribution in [0.1, 0.15) is 43.1 Å². The highest BCUT2D eigenvalue weighted by molar-refractivity contribution is 5.79. The second-order valence-electron chi connectivity index (χ2n) is 7.81. The van der Waals surface area contributed by atoms with E-state index in [4.69, 9.17) is 9.26 Å². The highest BCUT2D eigenvalue weighted by Gasteiger charge is 2.33. The molecule has 6 heteroatoms. The van der Waals surface area contributed by atoms with Crippen LogP contribution in [0.5, 0.6) is 5.75 Å². The van der Waals surface area contributed by atoms with Gasteiger partial charge in [-0.15, -0.1) is 0 Å². The van der Waals surface area contributed by atoms with Crippen molar-refractivity contribution in [3.05, 3.63) is 65.5 Å². The van der Waals surface area contributed by atoms with Crippen LogP contribution < -0.4 is 4.74 Å². The number of likely N-dealkylation sites (tertiary alicyclic amines) is 1. The van der Waals surface area contributed by atoms with E-state index in [0.29, 0.717) is 31.2 Å². The zero-order valence-electron chi connectivity index (χ0n) is 17.0. The summed E-state index contributed by atoms with van der Waals surface area (Å²) in [6, 6.07) is 15.8. The van der Waals surface area contributed by atoms with Crippen molar-refractivity contribution in [2.24, 2.45) is 0 Å². The number of hydrogen-bond acceptors (Lipinski definition) is 5. The van der Waals surface area contributed by atoms with Gasteiger partial charge in [0.1, 0.15) is 5.75 Å². The third kappa shape index (κ3) is 4.47. The molecule has 1 unspecified atom stereocenters. The number of hydrogen-bond donors (Lipinski definition) is 0. The number of benzene rings is 2. The molecule has 0 N–H and O–H groups in total. The second-order valence-corrected chi connectivity index (χ2v) is 7.81. The Morgan fingerprint density at radius 1 is 1.21 bits per heavy atom. The standard InChI is InChI=1S/C23H25N3O3/c1-15(2)28-20-9-7-17(8-10-20)13-26-14-19(12-21(26)27)22-24-23(29-25-22)18-6-4-5-16(3)11-18/h4-11,15,19H,12-14H2,1-3H3. The normalized spacial score (nSPS) is 16.6. The lowest BCUT2D eigenvalue weighted by Gasteiger charge is -2.17. The van der Waals surface area contributed by atoms with Crippen molar-refractivity contribution in [1.82, 2.24) is 15.0 Å². The minimum Gasteiger partial charge on any atom is -0.491 e. The summed E-state index contributed by atoms with van der Waals surface area (Å²) in [6.07, 6.45) is 0.544. The van der Waals surface area contributed by atoms with E-state index < -0.39 is 0 Å². The number of aromatic nitrogens is 2. The molecule has 150 valence electrons. The molecule has 1 amide bonds. The van der Waals surface area contributed by atoms with Gasteiger partial charge in [0.15, 0.2) is 5.82 Å². The fourth-order valence-electron chi connectivity index (χ4n) is 3.56. The summed E-state index contributed by atoms with van der Waals surface area (Å²) < 4.78 is 11.1. The molecule has 0 saturated carbocycles. The topological polar surface area (TPSA) is 68.5 Å². The van der Waals surface area contributed by atoms with Crippen molar-refractivity contribution in [2.75, 3.05) is 6.54 Å². The number of carbonyl (C=O) groups excluding carboxylic acids is 1. The van der Waals surface area contributed by atoms with Crippen LogP contribution in [0.4, 0.5) is 0 Å². The predicted molar refractivity (Wildman–Crippen MR) is 109 cm³/mol. The molecule has 2 heterocycles. The molecule has 1 aliphatic rings. The Morgan fingerprint density at radius 3 is 2.72 bits per heavy atom. The van der Waals surface area contributed by atoms with Crippen LogP contribution in [-0.4, -0.2) is 33.6 Å². The highest BCUT2D eigenvalue weighted by atomic mass is 16.5. The van der Waals surface area contributed by atoms with Gasteiger partial charge in [-0.2, -0.15) is 4.98 Å². The van der Waals surface area contributed by atoms with Crippen LogP contribution >= 0.6 is 0 Å². The van der Waals surface area contributed by atoms with Crippen molar-refractivity contribution >= 4 is 5.91 Å². The molecule has 0 bridgehead atoms. The van der Waals surface area contributed by atoms with Crippen LogP contribution in [0.2, 0.25) is 0 Å². The first-order valence-electron chi connectivity index (χ1n) is 9.92. The maximum absolute atomic E-state index is 12.5. The molecule has 6 nitrogen and oxygen atoms in total. The van der Waals surface area contributed by atoms with Crippen molar-refractivity contribution < 1.29 is 14.1 Å². The van der Waals surface area contributed by atoms with E-state index >= 15 is 0 Å². The zero-order valence-corrected chi connectivity index (χ0v) is 17.0. The van der Waals surface area contributed by atoms with E-state index in [1.807, 2.05) is 74.2 Å².